The molecule has 1 aromatic carbocycles. The molecule has 1 N–H and O–H groups in total. The van der Waals surface area contributed by atoms with Crippen molar-refractivity contribution in [2.75, 3.05) is 5.43 Å². The van der Waals surface area contributed by atoms with E-state index in [1.165, 1.54) is 0 Å². The van der Waals surface area contributed by atoms with E-state index in [0.717, 1.165) is 22.2 Å². The fourth-order valence-corrected chi connectivity index (χ4v) is 1.88. The Morgan fingerprint density at radius 3 is 2.80 bits per heavy atom. The van der Waals surface area contributed by atoms with Gasteiger partial charge in [-0.15, -0.1) is 5.10 Å². The highest BCUT2D eigenvalue weighted by Crippen LogP contribution is 2.19. The monoisotopic (exact) mass is 263 g/mol. The zero-order chi connectivity index (χ0) is 13.8. The molecule has 2 heterocycles. The van der Waals surface area contributed by atoms with E-state index < -0.39 is 0 Å². The van der Waals surface area contributed by atoms with Gasteiger partial charge in [-0.05, 0) is 19.1 Å². The van der Waals surface area contributed by atoms with Crippen molar-refractivity contribution in [1.29, 1.82) is 0 Å². The smallest absolute Gasteiger partial charge is 0.176 e. The lowest BCUT2D eigenvalue weighted by molar-refractivity contribution is 1.04. The van der Waals surface area contributed by atoms with E-state index in [2.05, 4.69) is 25.7 Å². The Balaban J connectivity index is 1.91. The van der Waals surface area contributed by atoms with Crippen molar-refractivity contribution in [3.63, 3.8) is 0 Å². The molecule has 5 nitrogen and oxygen atoms in total. The lowest BCUT2D eigenvalue weighted by Crippen LogP contribution is -2.03. The standard InChI is InChI=1S/C15H13N5/c1-11(14-8-4-5-9-16-14)18-20-15-13-7-3-2-6-12(13)10-17-19-15/h2-10H,1H3,(H,19,20). The highest BCUT2D eigenvalue weighted by Gasteiger charge is 2.02. The molecule has 3 rings (SSSR count). The molecule has 20 heavy (non-hydrogen) atoms. The zero-order valence-corrected chi connectivity index (χ0v) is 11.0. The summed E-state index contributed by atoms with van der Waals surface area (Å²) in [6.45, 7) is 1.90. The minimum atomic E-state index is 0.637. The van der Waals surface area contributed by atoms with Crippen LogP contribution in [0.5, 0.6) is 0 Å². The van der Waals surface area contributed by atoms with Gasteiger partial charge in [0.25, 0.3) is 0 Å². The number of hydrogen-bond donors (Lipinski definition) is 1. The maximum atomic E-state index is 4.32. The summed E-state index contributed by atoms with van der Waals surface area (Å²) in [5, 5.41) is 14.4. The molecule has 0 saturated carbocycles. The summed E-state index contributed by atoms with van der Waals surface area (Å²) in [4.78, 5) is 4.25. The van der Waals surface area contributed by atoms with Gasteiger partial charge in [-0.3, -0.25) is 10.4 Å². The van der Waals surface area contributed by atoms with Gasteiger partial charge >= 0.3 is 0 Å². The fourth-order valence-electron chi connectivity index (χ4n) is 1.88. The number of hydrazone groups is 1. The van der Waals surface area contributed by atoms with Crippen LogP contribution in [0.25, 0.3) is 10.8 Å². The van der Waals surface area contributed by atoms with Crippen LogP contribution in [0.1, 0.15) is 12.6 Å². The van der Waals surface area contributed by atoms with Crippen LogP contribution in [-0.4, -0.2) is 20.9 Å². The molecule has 0 aliphatic carbocycles. The van der Waals surface area contributed by atoms with Gasteiger partial charge < -0.3 is 0 Å². The van der Waals surface area contributed by atoms with Crippen LogP contribution in [0.2, 0.25) is 0 Å². The number of nitrogens with zero attached hydrogens (tertiary/aromatic N) is 4. The quantitative estimate of drug-likeness (QED) is 0.583. The molecule has 0 atom stereocenters. The van der Waals surface area contributed by atoms with E-state index in [1.54, 1.807) is 12.4 Å². The van der Waals surface area contributed by atoms with Crippen LogP contribution >= 0.6 is 0 Å². The van der Waals surface area contributed by atoms with Crippen LogP contribution < -0.4 is 5.43 Å². The molecule has 0 radical (unpaired) electrons. The number of benzene rings is 1. The van der Waals surface area contributed by atoms with Crippen molar-refractivity contribution >= 4 is 22.3 Å². The predicted molar refractivity (Wildman–Crippen MR) is 79.6 cm³/mol. The second kappa shape index (κ2) is 5.44. The Labute approximate surface area is 116 Å². The van der Waals surface area contributed by atoms with Gasteiger partial charge in [0, 0.05) is 17.0 Å². The third kappa shape index (κ3) is 2.47. The van der Waals surface area contributed by atoms with Crippen molar-refractivity contribution in [3.8, 4) is 0 Å². The van der Waals surface area contributed by atoms with Crippen LogP contribution in [0.4, 0.5) is 5.82 Å². The molecule has 0 fully saturated rings. The molecule has 0 spiro atoms. The number of aromatic nitrogens is 3. The van der Waals surface area contributed by atoms with E-state index in [9.17, 15) is 0 Å². The topological polar surface area (TPSA) is 63.1 Å². The van der Waals surface area contributed by atoms with Crippen LogP contribution in [-0.2, 0) is 0 Å². The summed E-state index contributed by atoms with van der Waals surface area (Å²) < 4.78 is 0. The van der Waals surface area contributed by atoms with E-state index in [1.807, 2.05) is 49.4 Å². The molecule has 0 aliphatic rings. The minimum absolute atomic E-state index is 0.637. The SMILES string of the molecule is CC(=NNc1nncc2ccccc12)c1ccccn1. The minimum Gasteiger partial charge on any atom is -0.259 e. The number of rotatable bonds is 3. The Morgan fingerprint density at radius 2 is 1.95 bits per heavy atom. The first-order chi connectivity index (χ1) is 9.84. The zero-order valence-electron chi connectivity index (χ0n) is 11.0. The molecule has 0 amide bonds. The van der Waals surface area contributed by atoms with Crippen molar-refractivity contribution in [2.45, 2.75) is 6.92 Å². The fraction of sp³-hybridized carbons (Fsp3) is 0.0667. The predicted octanol–water partition coefficient (Wildman–Crippen LogP) is 2.86. The van der Waals surface area contributed by atoms with Crippen LogP contribution in [0.3, 0.4) is 0 Å². The summed E-state index contributed by atoms with van der Waals surface area (Å²) >= 11 is 0. The summed E-state index contributed by atoms with van der Waals surface area (Å²) in [5.74, 6) is 0.637. The first kappa shape index (κ1) is 12.2. The normalized spacial score (nSPS) is 11.6. The van der Waals surface area contributed by atoms with Gasteiger partial charge in [0.05, 0.1) is 17.6 Å². The number of fused-ring (bicyclic) bond motifs is 1. The lowest BCUT2D eigenvalue weighted by atomic mass is 10.2. The van der Waals surface area contributed by atoms with Crippen molar-refractivity contribution in [1.82, 2.24) is 15.2 Å². The van der Waals surface area contributed by atoms with Crippen LogP contribution in [0, 0.1) is 0 Å². The first-order valence-electron chi connectivity index (χ1n) is 6.27. The largest absolute Gasteiger partial charge is 0.259 e. The molecular formula is C15H13N5. The summed E-state index contributed by atoms with van der Waals surface area (Å²) in [5.41, 5.74) is 4.58. The molecule has 0 bridgehead atoms. The van der Waals surface area contributed by atoms with Gasteiger partial charge in [0.1, 0.15) is 0 Å². The van der Waals surface area contributed by atoms with Crippen LogP contribution in [0.15, 0.2) is 60.0 Å². The Bertz CT molecular complexity index is 747. The average Bonchev–Trinajstić information content (AvgIpc) is 2.53. The Morgan fingerprint density at radius 1 is 1.10 bits per heavy atom. The van der Waals surface area contributed by atoms with Crippen molar-refractivity contribution < 1.29 is 0 Å². The van der Waals surface area contributed by atoms with Gasteiger partial charge in [0.15, 0.2) is 5.82 Å². The molecule has 0 unspecified atom stereocenters. The van der Waals surface area contributed by atoms with Crippen molar-refractivity contribution in [3.05, 3.63) is 60.6 Å². The molecule has 0 aliphatic heterocycles. The van der Waals surface area contributed by atoms with Gasteiger partial charge in [-0.2, -0.15) is 10.2 Å². The van der Waals surface area contributed by atoms with E-state index in [0.29, 0.717) is 5.82 Å². The maximum Gasteiger partial charge on any atom is 0.176 e. The summed E-state index contributed by atoms with van der Waals surface area (Å²) in [6.07, 6.45) is 3.47. The molecule has 0 saturated heterocycles. The molecule has 3 aromatic rings. The van der Waals surface area contributed by atoms with Gasteiger partial charge in [-0.1, -0.05) is 30.3 Å². The van der Waals surface area contributed by atoms with Gasteiger partial charge in [-0.25, -0.2) is 0 Å². The third-order valence-corrected chi connectivity index (χ3v) is 2.94. The van der Waals surface area contributed by atoms with Crippen molar-refractivity contribution in [2.24, 2.45) is 5.10 Å². The lowest BCUT2D eigenvalue weighted by Gasteiger charge is -2.04. The third-order valence-electron chi connectivity index (χ3n) is 2.94. The Kier molecular flexibility index (Phi) is 3.33. The highest BCUT2D eigenvalue weighted by molar-refractivity contribution is 5.98. The number of pyridine rings is 1. The molecule has 2 aromatic heterocycles. The Hall–Kier alpha value is -2.82. The molecule has 5 heteroatoms. The number of anilines is 1. The van der Waals surface area contributed by atoms with E-state index in [-0.39, 0.29) is 0 Å². The van der Waals surface area contributed by atoms with E-state index in [4.69, 9.17) is 0 Å². The number of hydrogen-bond acceptors (Lipinski definition) is 5. The maximum absolute atomic E-state index is 4.32. The number of nitrogens with one attached hydrogen (secondary N) is 1. The second-order valence-electron chi connectivity index (χ2n) is 4.30. The first-order valence-corrected chi connectivity index (χ1v) is 6.27. The molecule has 98 valence electrons. The second-order valence-corrected chi connectivity index (χ2v) is 4.30. The highest BCUT2D eigenvalue weighted by atomic mass is 15.3. The average molecular weight is 263 g/mol. The van der Waals surface area contributed by atoms with Gasteiger partial charge in [0.2, 0.25) is 0 Å². The summed E-state index contributed by atoms with van der Waals surface area (Å²) in [6, 6.07) is 13.6. The molecular weight excluding hydrogens is 250 g/mol. The summed E-state index contributed by atoms with van der Waals surface area (Å²) in [7, 11) is 0. The van der Waals surface area contributed by atoms with E-state index >= 15 is 0 Å².